The minimum atomic E-state index is -2.98. The van der Waals surface area contributed by atoms with E-state index in [4.69, 9.17) is 0 Å². The van der Waals surface area contributed by atoms with Gasteiger partial charge in [0.25, 0.3) is 5.91 Å². The van der Waals surface area contributed by atoms with Crippen molar-refractivity contribution >= 4 is 22.4 Å². The Hall–Kier alpha value is -2.95. The van der Waals surface area contributed by atoms with Crippen LogP contribution in [-0.4, -0.2) is 12.5 Å². The molecule has 0 unspecified atom stereocenters. The lowest BCUT2D eigenvalue weighted by Gasteiger charge is -2.13. The third-order valence-corrected chi connectivity index (χ3v) is 4.47. The summed E-state index contributed by atoms with van der Waals surface area (Å²) >= 11 is 0. The van der Waals surface area contributed by atoms with Gasteiger partial charge in [0.05, 0.1) is 5.56 Å². The van der Waals surface area contributed by atoms with Crippen LogP contribution in [0.4, 0.5) is 14.5 Å². The van der Waals surface area contributed by atoms with Gasteiger partial charge < -0.3 is 10.1 Å². The van der Waals surface area contributed by atoms with Crippen LogP contribution in [0.25, 0.3) is 10.8 Å². The first-order valence-electron chi connectivity index (χ1n) is 8.02. The number of rotatable bonds is 4. The second-order valence-electron chi connectivity index (χ2n) is 5.94. The molecule has 5 heteroatoms. The van der Waals surface area contributed by atoms with Crippen LogP contribution in [0.1, 0.15) is 21.5 Å². The normalized spacial score (nSPS) is 12.6. The number of ether oxygens (including phenoxy) is 1. The molecule has 1 N–H and O–H groups in total. The van der Waals surface area contributed by atoms with Crippen molar-refractivity contribution in [3.8, 4) is 5.75 Å². The number of carbonyl (C=O) groups is 1. The molecule has 0 atom stereocenters. The number of alkyl halides is 2. The summed E-state index contributed by atoms with van der Waals surface area (Å²) in [5.74, 6) is -0.615. The average Bonchev–Trinajstić information content (AvgIpc) is 3.02. The summed E-state index contributed by atoms with van der Waals surface area (Å²) in [7, 11) is 0. The third kappa shape index (κ3) is 2.82. The number of aryl methyl sites for hydroxylation is 2. The van der Waals surface area contributed by atoms with E-state index in [1.807, 2.05) is 24.3 Å². The highest BCUT2D eigenvalue weighted by Gasteiger charge is 2.19. The number of benzene rings is 3. The molecule has 1 aliphatic carbocycles. The molecule has 0 saturated carbocycles. The number of halogens is 2. The van der Waals surface area contributed by atoms with Crippen molar-refractivity contribution in [3.05, 3.63) is 71.3 Å². The van der Waals surface area contributed by atoms with Crippen LogP contribution in [-0.2, 0) is 12.8 Å². The second-order valence-corrected chi connectivity index (χ2v) is 5.94. The molecular weight excluding hydrogens is 324 g/mol. The van der Waals surface area contributed by atoms with E-state index in [0.717, 1.165) is 18.2 Å². The summed E-state index contributed by atoms with van der Waals surface area (Å²) in [5.41, 5.74) is 3.28. The SMILES string of the molecule is O=C(Nc1ccc2c3c(cccc13)CC2)c1ccccc1OC(F)F. The number of anilines is 1. The van der Waals surface area contributed by atoms with Gasteiger partial charge in [-0.3, -0.25) is 4.79 Å². The summed E-state index contributed by atoms with van der Waals surface area (Å²) in [4.78, 5) is 12.6. The van der Waals surface area contributed by atoms with Crippen molar-refractivity contribution in [2.75, 3.05) is 5.32 Å². The minimum Gasteiger partial charge on any atom is -0.434 e. The van der Waals surface area contributed by atoms with Crippen LogP contribution < -0.4 is 10.1 Å². The zero-order chi connectivity index (χ0) is 17.4. The molecule has 4 rings (SSSR count). The topological polar surface area (TPSA) is 38.3 Å². The highest BCUT2D eigenvalue weighted by molar-refractivity contribution is 6.11. The first kappa shape index (κ1) is 15.6. The van der Waals surface area contributed by atoms with Crippen molar-refractivity contribution in [1.29, 1.82) is 0 Å². The minimum absolute atomic E-state index is 0.0750. The Bertz CT molecular complexity index is 959. The fourth-order valence-corrected chi connectivity index (χ4v) is 3.40. The molecule has 0 aromatic heterocycles. The number of hydrogen-bond acceptors (Lipinski definition) is 2. The van der Waals surface area contributed by atoms with Gasteiger partial charge in [0.2, 0.25) is 0 Å². The lowest BCUT2D eigenvalue weighted by molar-refractivity contribution is -0.0501. The Morgan fingerprint density at radius 3 is 2.52 bits per heavy atom. The number of nitrogens with one attached hydrogen (secondary N) is 1. The fourth-order valence-electron chi connectivity index (χ4n) is 3.40. The molecule has 0 heterocycles. The molecule has 1 aliphatic rings. The Morgan fingerprint density at radius 1 is 0.960 bits per heavy atom. The molecule has 0 radical (unpaired) electrons. The van der Waals surface area contributed by atoms with E-state index in [0.29, 0.717) is 5.69 Å². The van der Waals surface area contributed by atoms with E-state index >= 15 is 0 Å². The average molecular weight is 339 g/mol. The molecule has 0 spiro atoms. The van der Waals surface area contributed by atoms with E-state index in [2.05, 4.69) is 16.1 Å². The summed E-state index contributed by atoms with van der Waals surface area (Å²) in [5, 5.41) is 4.98. The first-order chi connectivity index (χ1) is 12.1. The molecule has 0 fully saturated rings. The summed E-state index contributed by atoms with van der Waals surface area (Å²) < 4.78 is 29.5. The van der Waals surface area contributed by atoms with Crippen LogP contribution in [0.3, 0.4) is 0 Å². The van der Waals surface area contributed by atoms with Crippen molar-refractivity contribution in [3.63, 3.8) is 0 Å². The van der Waals surface area contributed by atoms with Crippen molar-refractivity contribution in [1.82, 2.24) is 0 Å². The smallest absolute Gasteiger partial charge is 0.387 e. The molecule has 0 saturated heterocycles. The van der Waals surface area contributed by atoms with Gasteiger partial charge in [0.1, 0.15) is 5.75 Å². The summed E-state index contributed by atoms with van der Waals surface area (Å²) in [6.45, 7) is -2.98. The highest BCUT2D eigenvalue weighted by atomic mass is 19.3. The molecular formula is C20H15F2NO2. The predicted octanol–water partition coefficient (Wildman–Crippen LogP) is 4.79. The van der Waals surface area contributed by atoms with Gasteiger partial charge in [0, 0.05) is 11.1 Å². The molecule has 126 valence electrons. The van der Waals surface area contributed by atoms with Gasteiger partial charge in [-0.2, -0.15) is 8.78 Å². The fraction of sp³-hybridized carbons (Fsp3) is 0.150. The number of hydrogen-bond donors (Lipinski definition) is 1. The Kier molecular flexibility index (Phi) is 3.84. The van der Waals surface area contributed by atoms with E-state index in [1.165, 1.54) is 28.6 Å². The second kappa shape index (κ2) is 6.16. The van der Waals surface area contributed by atoms with Crippen LogP contribution >= 0.6 is 0 Å². The van der Waals surface area contributed by atoms with Crippen molar-refractivity contribution in [2.24, 2.45) is 0 Å². The standard InChI is InChI=1S/C20H15F2NO2/c21-20(22)25-17-7-2-1-5-15(17)19(24)23-16-11-10-13-9-8-12-4-3-6-14(16)18(12)13/h1-7,10-11,20H,8-9H2,(H,23,24). The number of para-hydroxylation sites is 1. The Balaban J connectivity index is 1.70. The molecule has 3 aromatic rings. The van der Waals surface area contributed by atoms with E-state index < -0.39 is 12.5 Å². The highest BCUT2D eigenvalue weighted by Crippen LogP contribution is 2.35. The van der Waals surface area contributed by atoms with Gasteiger partial charge in [-0.15, -0.1) is 0 Å². The molecule has 0 bridgehead atoms. The molecule has 3 aromatic carbocycles. The maximum Gasteiger partial charge on any atom is 0.387 e. The van der Waals surface area contributed by atoms with Gasteiger partial charge in [0.15, 0.2) is 0 Å². The monoisotopic (exact) mass is 339 g/mol. The van der Waals surface area contributed by atoms with Gasteiger partial charge in [-0.05, 0) is 47.6 Å². The maximum atomic E-state index is 12.6. The summed E-state index contributed by atoms with van der Waals surface area (Å²) in [6.07, 6.45) is 1.99. The zero-order valence-electron chi connectivity index (χ0n) is 13.3. The van der Waals surface area contributed by atoms with Crippen molar-refractivity contribution in [2.45, 2.75) is 19.5 Å². The first-order valence-corrected chi connectivity index (χ1v) is 8.02. The largest absolute Gasteiger partial charge is 0.434 e. The lowest BCUT2D eigenvalue weighted by atomic mass is 10.0. The molecule has 1 amide bonds. The number of carbonyl (C=O) groups excluding carboxylic acids is 1. The Labute approximate surface area is 143 Å². The zero-order valence-corrected chi connectivity index (χ0v) is 13.3. The van der Waals surface area contributed by atoms with Gasteiger partial charge >= 0.3 is 6.61 Å². The molecule has 0 aliphatic heterocycles. The van der Waals surface area contributed by atoms with Crippen LogP contribution in [0.5, 0.6) is 5.75 Å². The van der Waals surface area contributed by atoms with Crippen LogP contribution in [0.2, 0.25) is 0 Å². The van der Waals surface area contributed by atoms with E-state index in [1.54, 1.807) is 12.1 Å². The van der Waals surface area contributed by atoms with Gasteiger partial charge in [-0.1, -0.05) is 36.4 Å². The molecule has 25 heavy (non-hydrogen) atoms. The van der Waals surface area contributed by atoms with E-state index in [9.17, 15) is 13.6 Å². The van der Waals surface area contributed by atoms with E-state index in [-0.39, 0.29) is 11.3 Å². The lowest BCUT2D eigenvalue weighted by Crippen LogP contribution is -2.15. The Morgan fingerprint density at radius 2 is 1.72 bits per heavy atom. The summed E-state index contributed by atoms with van der Waals surface area (Å²) in [6, 6.07) is 15.9. The van der Waals surface area contributed by atoms with Crippen LogP contribution in [0.15, 0.2) is 54.6 Å². The third-order valence-electron chi connectivity index (χ3n) is 4.47. The number of amides is 1. The van der Waals surface area contributed by atoms with Gasteiger partial charge in [-0.25, -0.2) is 0 Å². The molecule has 3 nitrogen and oxygen atoms in total. The maximum absolute atomic E-state index is 12.6. The van der Waals surface area contributed by atoms with Crippen LogP contribution in [0, 0.1) is 0 Å². The predicted molar refractivity (Wildman–Crippen MR) is 92.4 cm³/mol. The van der Waals surface area contributed by atoms with Crippen molar-refractivity contribution < 1.29 is 18.3 Å². The quantitative estimate of drug-likeness (QED) is 0.742.